The Hall–Kier alpha value is -1.05. The van der Waals surface area contributed by atoms with Crippen molar-refractivity contribution in [3.8, 4) is 0 Å². The second-order valence-electron chi connectivity index (χ2n) is 4.19. The van der Waals surface area contributed by atoms with Gasteiger partial charge in [0.25, 0.3) is 0 Å². The van der Waals surface area contributed by atoms with E-state index >= 15 is 0 Å². The van der Waals surface area contributed by atoms with Gasteiger partial charge in [0, 0.05) is 0 Å². The molecule has 1 atom stereocenters. The summed E-state index contributed by atoms with van der Waals surface area (Å²) in [5.41, 5.74) is 3.48. The van der Waals surface area contributed by atoms with Gasteiger partial charge in [0.2, 0.25) is 0 Å². The molecule has 0 bridgehead atoms. The molecule has 1 aliphatic carbocycles. The average molecular weight is 207 g/mol. The lowest BCUT2D eigenvalue weighted by molar-refractivity contribution is 0.317. The summed E-state index contributed by atoms with van der Waals surface area (Å²) < 4.78 is 0. The normalized spacial score (nSPS) is 22.3. The van der Waals surface area contributed by atoms with Crippen molar-refractivity contribution >= 4 is 5.71 Å². The van der Waals surface area contributed by atoms with Crippen molar-refractivity contribution in [2.24, 2.45) is 11.1 Å². The van der Waals surface area contributed by atoms with Crippen molar-refractivity contribution in [3.63, 3.8) is 0 Å². The zero-order chi connectivity index (χ0) is 11.3. The first-order valence-electron chi connectivity index (χ1n) is 5.81. The molecule has 84 valence electrons. The van der Waals surface area contributed by atoms with E-state index in [1.54, 1.807) is 0 Å². The summed E-state index contributed by atoms with van der Waals surface area (Å²) in [6, 6.07) is 0. The quantitative estimate of drug-likeness (QED) is 0.423. The predicted octanol–water partition coefficient (Wildman–Crippen LogP) is 3.92. The van der Waals surface area contributed by atoms with E-state index in [0.29, 0.717) is 5.92 Å². The molecule has 1 N–H and O–H groups in total. The van der Waals surface area contributed by atoms with Crippen LogP contribution in [0.4, 0.5) is 0 Å². The van der Waals surface area contributed by atoms with Crippen molar-refractivity contribution in [2.75, 3.05) is 0 Å². The van der Waals surface area contributed by atoms with E-state index < -0.39 is 0 Å². The first-order valence-corrected chi connectivity index (χ1v) is 5.81. The lowest BCUT2D eigenvalue weighted by Crippen LogP contribution is -2.12. The molecule has 0 radical (unpaired) electrons. The predicted molar refractivity (Wildman–Crippen MR) is 64.4 cm³/mol. The van der Waals surface area contributed by atoms with Crippen LogP contribution in [0.15, 0.2) is 28.5 Å². The van der Waals surface area contributed by atoms with E-state index in [-0.39, 0.29) is 0 Å². The van der Waals surface area contributed by atoms with E-state index in [0.717, 1.165) is 18.6 Å². The SMILES string of the molecule is CCCC1CC(/C(CC)=N\O)=CC=C1C. The van der Waals surface area contributed by atoms with E-state index in [4.69, 9.17) is 5.21 Å². The summed E-state index contributed by atoms with van der Waals surface area (Å²) in [5.74, 6) is 0.637. The number of hydrogen-bond donors (Lipinski definition) is 1. The van der Waals surface area contributed by atoms with E-state index in [1.807, 2.05) is 6.92 Å². The Morgan fingerprint density at radius 1 is 1.47 bits per heavy atom. The van der Waals surface area contributed by atoms with Crippen LogP contribution in [0.1, 0.15) is 46.5 Å². The highest BCUT2D eigenvalue weighted by molar-refractivity contribution is 6.00. The number of hydrogen-bond acceptors (Lipinski definition) is 2. The second kappa shape index (κ2) is 5.74. The monoisotopic (exact) mass is 207 g/mol. The highest BCUT2D eigenvalue weighted by Gasteiger charge is 2.18. The van der Waals surface area contributed by atoms with Crippen LogP contribution in [0.2, 0.25) is 0 Å². The highest BCUT2D eigenvalue weighted by Crippen LogP contribution is 2.29. The molecule has 0 amide bonds. The summed E-state index contributed by atoms with van der Waals surface area (Å²) in [6.45, 7) is 6.43. The van der Waals surface area contributed by atoms with Crippen molar-refractivity contribution in [3.05, 3.63) is 23.3 Å². The molecular weight excluding hydrogens is 186 g/mol. The number of oxime groups is 1. The maximum atomic E-state index is 8.89. The van der Waals surface area contributed by atoms with Gasteiger partial charge in [-0.1, -0.05) is 43.1 Å². The van der Waals surface area contributed by atoms with Gasteiger partial charge in [-0.3, -0.25) is 0 Å². The van der Waals surface area contributed by atoms with E-state index in [2.05, 4.69) is 31.2 Å². The molecule has 0 fully saturated rings. The number of rotatable bonds is 4. The summed E-state index contributed by atoms with van der Waals surface area (Å²) in [4.78, 5) is 0. The molecule has 1 unspecified atom stereocenters. The van der Waals surface area contributed by atoms with E-state index in [9.17, 15) is 0 Å². The minimum absolute atomic E-state index is 0.637. The topological polar surface area (TPSA) is 32.6 Å². The minimum atomic E-state index is 0.637. The number of allylic oxidation sites excluding steroid dienone is 4. The Labute approximate surface area is 92.4 Å². The largest absolute Gasteiger partial charge is 0.411 e. The molecule has 0 heterocycles. The molecule has 2 heteroatoms. The minimum Gasteiger partial charge on any atom is -0.411 e. The lowest BCUT2D eigenvalue weighted by Gasteiger charge is -2.22. The van der Waals surface area contributed by atoms with Gasteiger partial charge in [0.05, 0.1) is 5.71 Å². The zero-order valence-corrected chi connectivity index (χ0v) is 9.95. The van der Waals surface area contributed by atoms with Crippen LogP contribution in [-0.4, -0.2) is 10.9 Å². The molecule has 1 rings (SSSR count). The summed E-state index contributed by atoms with van der Waals surface area (Å²) in [7, 11) is 0. The molecular formula is C13H21NO. The van der Waals surface area contributed by atoms with Crippen LogP contribution in [0.25, 0.3) is 0 Å². The van der Waals surface area contributed by atoms with Crippen LogP contribution in [0.5, 0.6) is 0 Å². The third kappa shape index (κ3) is 2.95. The Balaban J connectivity index is 2.78. The first-order chi connectivity index (χ1) is 7.22. The van der Waals surface area contributed by atoms with Crippen LogP contribution in [0.3, 0.4) is 0 Å². The maximum absolute atomic E-state index is 8.89. The Bertz CT molecular complexity index is 300. The van der Waals surface area contributed by atoms with Crippen LogP contribution < -0.4 is 0 Å². The van der Waals surface area contributed by atoms with Gasteiger partial charge in [-0.2, -0.15) is 0 Å². The fourth-order valence-electron chi connectivity index (χ4n) is 2.12. The summed E-state index contributed by atoms with van der Waals surface area (Å²) >= 11 is 0. The van der Waals surface area contributed by atoms with Gasteiger partial charge in [-0.05, 0) is 37.7 Å². The zero-order valence-electron chi connectivity index (χ0n) is 9.95. The van der Waals surface area contributed by atoms with Gasteiger partial charge in [0.1, 0.15) is 0 Å². The Morgan fingerprint density at radius 2 is 2.20 bits per heavy atom. The average Bonchev–Trinajstić information content (AvgIpc) is 2.25. The van der Waals surface area contributed by atoms with Crippen molar-refractivity contribution in [2.45, 2.75) is 46.5 Å². The highest BCUT2D eigenvalue weighted by atomic mass is 16.4. The summed E-state index contributed by atoms with van der Waals surface area (Å²) in [6.07, 6.45) is 8.53. The van der Waals surface area contributed by atoms with Crippen LogP contribution in [-0.2, 0) is 0 Å². The molecule has 0 aromatic carbocycles. The molecule has 0 aromatic rings. The smallest absolute Gasteiger partial charge is 0.0825 e. The van der Waals surface area contributed by atoms with Gasteiger partial charge in [-0.15, -0.1) is 0 Å². The first kappa shape index (κ1) is 12.0. The third-order valence-electron chi connectivity index (χ3n) is 3.12. The number of nitrogens with zero attached hydrogens (tertiary/aromatic N) is 1. The van der Waals surface area contributed by atoms with Crippen molar-refractivity contribution < 1.29 is 5.21 Å². The standard InChI is InChI=1S/C13H21NO/c1-4-6-11-9-12(8-7-10(11)3)13(5-2)14-15/h7-8,11,15H,4-6,9H2,1-3H3/b14-13-. The molecule has 0 saturated carbocycles. The van der Waals surface area contributed by atoms with Gasteiger partial charge >= 0.3 is 0 Å². The lowest BCUT2D eigenvalue weighted by atomic mass is 9.83. The van der Waals surface area contributed by atoms with Crippen LogP contribution in [0, 0.1) is 5.92 Å². The molecule has 0 aromatic heterocycles. The molecule has 0 spiro atoms. The molecule has 2 nitrogen and oxygen atoms in total. The fraction of sp³-hybridized carbons (Fsp3) is 0.615. The van der Waals surface area contributed by atoms with Crippen LogP contribution >= 0.6 is 0 Å². The third-order valence-corrected chi connectivity index (χ3v) is 3.12. The van der Waals surface area contributed by atoms with Crippen molar-refractivity contribution in [1.82, 2.24) is 0 Å². The molecule has 0 saturated heterocycles. The molecule has 1 aliphatic rings. The Kier molecular flexibility index (Phi) is 4.60. The molecule has 15 heavy (non-hydrogen) atoms. The Morgan fingerprint density at radius 3 is 2.73 bits per heavy atom. The maximum Gasteiger partial charge on any atom is 0.0825 e. The van der Waals surface area contributed by atoms with E-state index in [1.165, 1.54) is 24.0 Å². The fourth-order valence-corrected chi connectivity index (χ4v) is 2.12. The van der Waals surface area contributed by atoms with Crippen molar-refractivity contribution in [1.29, 1.82) is 0 Å². The summed E-state index contributed by atoms with van der Waals surface area (Å²) in [5, 5.41) is 12.3. The van der Waals surface area contributed by atoms with Gasteiger partial charge < -0.3 is 5.21 Å². The molecule has 0 aliphatic heterocycles. The van der Waals surface area contributed by atoms with Gasteiger partial charge in [0.15, 0.2) is 0 Å². The second-order valence-corrected chi connectivity index (χ2v) is 4.19. The van der Waals surface area contributed by atoms with Gasteiger partial charge in [-0.25, -0.2) is 0 Å².